The molecular formula is C27H47NO2. The van der Waals surface area contributed by atoms with Crippen LogP contribution in [0.2, 0.25) is 0 Å². The molecule has 5 fully saturated rings. The van der Waals surface area contributed by atoms with Gasteiger partial charge in [0.2, 0.25) is 0 Å². The van der Waals surface area contributed by atoms with Crippen LogP contribution in [-0.2, 0) is 0 Å². The molecule has 0 aromatic heterocycles. The predicted octanol–water partition coefficient (Wildman–Crippen LogP) is 5.00. The summed E-state index contributed by atoms with van der Waals surface area (Å²) in [6.45, 7) is 11.1. The van der Waals surface area contributed by atoms with Crippen LogP contribution in [0, 0.1) is 52.3 Å². The Morgan fingerprint density at radius 3 is 2.37 bits per heavy atom. The molecule has 0 aromatic carbocycles. The molecular weight excluding hydrogens is 370 g/mol. The zero-order valence-electron chi connectivity index (χ0n) is 19.9. The predicted molar refractivity (Wildman–Crippen MR) is 122 cm³/mol. The highest BCUT2D eigenvalue weighted by atomic mass is 16.3. The molecule has 172 valence electrons. The molecule has 1 aliphatic heterocycles. The number of hydrogen-bond donors (Lipinski definition) is 3. The van der Waals surface area contributed by atoms with E-state index >= 15 is 0 Å². The summed E-state index contributed by atoms with van der Waals surface area (Å²) in [5.74, 6) is 4.85. The lowest BCUT2D eigenvalue weighted by atomic mass is 9.44. The average molecular weight is 418 g/mol. The molecule has 4 aliphatic carbocycles. The first kappa shape index (κ1) is 21.7. The maximum atomic E-state index is 11.4. The third-order valence-corrected chi connectivity index (χ3v) is 11.6. The summed E-state index contributed by atoms with van der Waals surface area (Å²) in [5, 5.41) is 25.5. The van der Waals surface area contributed by atoms with Crippen molar-refractivity contribution < 1.29 is 10.2 Å². The van der Waals surface area contributed by atoms with Crippen molar-refractivity contribution in [1.29, 1.82) is 0 Å². The molecule has 6 unspecified atom stereocenters. The van der Waals surface area contributed by atoms with Crippen LogP contribution in [0.25, 0.3) is 0 Å². The van der Waals surface area contributed by atoms with Gasteiger partial charge < -0.3 is 15.5 Å². The van der Waals surface area contributed by atoms with Crippen LogP contribution >= 0.6 is 0 Å². The molecule has 0 bridgehead atoms. The van der Waals surface area contributed by atoms with Gasteiger partial charge in [-0.2, -0.15) is 0 Å². The van der Waals surface area contributed by atoms with Crippen molar-refractivity contribution in [1.82, 2.24) is 5.32 Å². The molecule has 1 heterocycles. The van der Waals surface area contributed by atoms with Crippen LogP contribution < -0.4 is 5.32 Å². The fourth-order valence-corrected chi connectivity index (χ4v) is 9.96. The molecule has 3 N–H and O–H groups in total. The summed E-state index contributed by atoms with van der Waals surface area (Å²) in [6, 6.07) is 0.585. The highest BCUT2D eigenvalue weighted by molar-refractivity contribution is 5.12. The second-order valence-corrected chi connectivity index (χ2v) is 13.0. The second-order valence-electron chi connectivity index (χ2n) is 13.0. The summed E-state index contributed by atoms with van der Waals surface area (Å²) < 4.78 is 0. The van der Waals surface area contributed by atoms with Crippen molar-refractivity contribution in [3.8, 4) is 0 Å². The van der Waals surface area contributed by atoms with E-state index in [0.717, 1.165) is 49.5 Å². The summed E-state index contributed by atoms with van der Waals surface area (Å²) in [6.07, 6.45) is 12.0. The van der Waals surface area contributed by atoms with Crippen molar-refractivity contribution >= 4 is 0 Å². The highest BCUT2D eigenvalue weighted by Crippen LogP contribution is 2.68. The number of rotatable bonds is 2. The molecule has 0 spiro atoms. The largest absolute Gasteiger partial charge is 0.393 e. The smallest absolute Gasteiger partial charge is 0.0579 e. The van der Waals surface area contributed by atoms with Crippen molar-refractivity contribution in [2.24, 2.45) is 52.3 Å². The van der Waals surface area contributed by atoms with Gasteiger partial charge >= 0.3 is 0 Å². The van der Waals surface area contributed by atoms with E-state index in [1.54, 1.807) is 0 Å². The Labute approximate surface area is 184 Å². The Bertz CT molecular complexity index is 630. The number of aliphatic hydroxyl groups excluding tert-OH is 2. The number of nitrogens with one attached hydrogen (secondary N) is 1. The van der Waals surface area contributed by atoms with Gasteiger partial charge in [0, 0.05) is 6.04 Å². The highest BCUT2D eigenvalue weighted by Gasteiger charge is 2.63. The van der Waals surface area contributed by atoms with Gasteiger partial charge in [-0.15, -0.1) is 0 Å². The third kappa shape index (κ3) is 3.24. The normalized spacial score (nSPS) is 57.2. The minimum absolute atomic E-state index is 0.0577. The fraction of sp³-hybridized carbons (Fsp3) is 1.00. The van der Waals surface area contributed by atoms with Crippen molar-refractivity contribution in [3.63, 3.8) is 0 Å². The molecule has 0 aromatic rings. The van der Waals surface area contributed by atoms with E-state index in [4.69, 9.17) is 0 Å². The van der Waals surface area contributed by atoms with Gasteiger partial charge in [-0.1, -0.05) is 27.7 Å². The van der Waals surface area contributed by atoms with Gasteiger partial charge in [0.25, 0.3) is 0 Å². The van der Waals surface area contributed by atoms with Crippen LogP contribution in [0.1, 0.15) is 91.9 Å². The van der Waals surface area contributed by atoms with Gasteiger partial charge in [-0.3, -0.25) is 0 Å². The van der Waals surface area contributed by atoms with Gasteiger partial charge in [0.15, 0.2) is 0 Å². The molecule has 3 nitrogen and oxygen atoms in total. The Morgan fingerprint density at radius 2 is 1.63 bits per heavy atom. The zero-order valence-corrected chi connectivity index (χ0v) is 19.9. The monoisotopic (exact) mass is 417 g/mol. The minimum Gasteiger partial charge on any atom is -0.393 e. The first-order chi connectivity index (χ1) is 14.2. The number of hydrogen-bond acceptors (Lipinski definition) is 3. The summed E-state index contributed by atoms with van der Waals surface area (Å²) in [7, 11) is 0. The topological polar surface area (TPSA) is 52.5 Å². The van der Waals surface area contributed by atoms with Crippen molar-refractivity contribution in [2.45, 2.75) is 110 Å². The van der Waals surface area contributed by atoms with Crippen LogP contribution in [0.5, 0.6) is 0 Å². The lowest BCUT2D eigenvalue weighted by molar-refractivity contribution is -0.130. The maximum Gasteiger partial charge on any atom is 0.0579 e. The molecule has 5 aliphatic rings. The van der Waals surface area contributed by atoms with E-state index < -0.39 is 0 Å². The van der Waals surface area contributed by atoms with E-state index in [1.807, 2.05) is 0 Å². The Balaban J connectivity index is 1.37. The first-order valence-electron chi connectivity index (χ1n) is 13.3. The van der Waals surface area contributed by atoms with Gasteiger partial charge in [0.05, 0.1) is 12.2 Å². The summed E-state index contributed by atoms with van der Waals surface area (Å²) in [4.78, 5) is 0. The number of piperidine rings is 1. The molecule has 5 rings (SSSR count). The minimum atomic E-state index is -0.117. The lowest BCUT2D eigenvalue weighted by Crippen LogP contribution is -2.55. The average Bonchev–Trinajstić information content (AvgIpc) is 2.98. The summed E-state index contributed by atoms with van der Waals surface area (Å²) in [5.41, 5.74) is 0.737. The van der Waals surface area contributed by atoms with E-state index in [2.05, 4.69) is 33.0 Å². The van der Waals surface area contributed by atoms with E-state index in [1.165, 1.54) is 44.9 Å². The molecule has 0 amide bonds. The standard InChI is InChI=1S/C27H47NO2/c1-16-5-8-23(28-15-16)17(2)25-24(30)14-22-20-7-6-18-13-19(29)9-11-26(18,3)21(20)10-12-27(22,25)4/h16-25,28-30H,5-15H2,1-4H3/t16?,17?,18?,19?,20-,21+,22+,23?,24?,25+,26+,27+/m1/s1. The van der Waals surface area contributed by atoms with Crippen molar-refractivity contribution in [2.75, 3.05) is 6.54 Å². The van der Waals surface area contributed by atoms with Crippen LogP contribution in [-0.4, -0.2) is 35.0 Å². The Kier molecular flexibility index (Phi) is 5.60. The molecule has 1 saturated heterocycles. The Hall–Kier alpha value is -0.120. The SMILES string of the molecule is CC1CCC(C(C)[C@H]2C(O)C[C@H]3[C@@H]4CCC5CC(O)CC[C@]5(C)[C@H]4CC[C@]23C)NC1. The second kappa shape index (κ2) is 7.73. The number of aliphatic hydroxyl groups is 2. The van der Waals surface area contributed by atoms with E-state index in [9.17, 15) is 10.2 Å². The number of fused-ring (bicyclic) bond motifs is 5. The molecule has 4 saturated carbocycles. The first-order valence-corrected chi connectivity index (χ1v) is 13.3. The third-order valence-electron chi connectivity index (χ3n) is 11.6. The van der Waals surface area contributed by atoms with E-state index in [-0.39, 0.29) is 12.2 Å². The molecule has 3 heteroatoms. The zero-order chi connectivity index (χ0) is 21.3. The molecule has 0 radical (unpaired) electrons. The lowest BCUT2D eigenvalue weighted by Gasteiger charge is -2.61. The summed E-state index contributed by atoms with van der Waals surface area (Å²) >= 11 is 0. The Morgan fingerprint density at radius 1 is 0.867 bits per heavy atom. The van der Waals surface area contributed by atoms with Gasteiger partial charge in [0.1, 0.15) is 0 Å². The van der Waals surface area contributed by atoms with Crippen molar-refractivity contribution in [3.05, 3.63) is 0 Å². The molecule has 12 atom stereocenters. The quantitative estimate of drug-likeness (QED) is 0.592. The van der Waals surface area contributed by atoms with Crippen LogP contribution in [0.4, 0.5) is 0 Å². The van der Waals surface area contributed by atoms with E-state index in [0.29, 0.717) is 34.6 Å². The molecule has 30 heavy (non-hydrogen) atoms. The van der Waals surface area contributed by atoms with Gasteiger partial charge in [-0.05, 0) is 123 Å². The van der Waals surface area contributed by atoms with Crippen LogP contribution in [0.3, 0.4) is 0 Å². The fourth-order valence-electron chi connectivity index (χ4n) is 9.96. The van der Waals surface area contributed by atoms with Gasteiger partial charge in [-0.25, -0.2) is 0 Å². The maximum absolute atomic E-state index is 11.4. The van der Waals surface area contributed by atoms with Crippen LogP contribution in [0.15, 0.2) is 0 Å².